The summed E-state index contributed by atoms with van der Waals surface area (Å²) in [6, 6.07) is 7.07. The Morgan fingerprint density at radius 3 is 2.76 bits per heavy atom. The fourth-order valence-electron chi connectivity index (χ4n) is 1.39. The molecule has 0 aliphatic carbocycles. The Kier molecular flexibility index (Phi) is 5.49. The normalized spacial score (nSPS) is 11.9. The maximum Gasteiger partial charge on any atom is 0.255 e. The molecule has 0 aliphatic heterocycles. The minimum atomic E-state index is -0.502. The number of aliphatic hydroxyl groups is 1. The van der Waals surface area contributed by atoms with Gasteiger partial charge in [-0.2, -0.15) is 0 Å². The van der Waals surface area contributed by atoms with Crippen LogP contribution in [0.4, 0.5) is 0 Å². The van der Waals surface area contributed by atoms with Gasteiger partial charge in [-0.15, -0.1) is 0 Å². The van der Waals surface area contributed by atoms with E-state index in [0.717, 1.165) is 0 Å². The van der Waals surface area contributed by atoms with Crippen LogP contribution in [0, 0.1) is 0 Å². The lowest BCUT2D eigenvalue weighted by molar-refractivity contribution is 0.0910. The van der Waals surface area contributed by atoms with Gasteiger partial charge in [-0.3, -0.25) is 4.79 Å². The maximum absolute atomic E-state index is 11.9. The van der Waals surface area contributed by atoms with Crippen LogP contribution in [0.3, 0.4) is 0 Å². The quantitative estimate of drug-likeness (QED) is 0.790. The maximum atomic E-state index is 11.9. The van der Waals surface area contributed by atoms with Crippen molar-refractivity contribution in [3.8, 4) is 5.75 Å². The molecular formula is C13H19NO3. The number of amides is 1. The van der Waals surface area contributed by atoms with E-state index in [0.29, 0.717) is 24.3 Å². The molecule has 0 spiro atoms. The zero-order valence-corrected chi connectivity index (χ0v) is 10.3. The Labute approximate surface area is 102 Å². The largest absolute Gasteiger partial charge is 0.493 e. The molecule has 1 atom stereocenters. The molecule has 0 saturated heterocycles. The van der Waals surface area contributed by atoms with Gasteiger partial charge in [0.25, 0.3) is 5.91 Å². The average molecular weight is 237 g/mol. The third kappa shape index (κ3) is 4.07. The van der Waals surface area contributed by atoms with Crippen LogP contribution in [-0.2, 0) is 0 Å². The van der Waals surface area contributed by atoms with E-state index >= 15 is 0 Å². The topological polar surface area (TPSA) is 58.6 Å². The molecule has 1 aromatic carbocycles. The van der Waals surface area contributed by atoms with Crippen molar-refractivity contribution in [2.24, 2.45) is 0 Å². The van der Waals surface area contributed by atoms with Gasteiger partial charge in [-0.05, 0) is 25.5 Å². The summed E-state index contributed by atoms with van der Waals surface area (Å²) in [5.41, 5.74) is 0.498. The Morgan fingerprint density at radius 1 is 1.41 bits per heavy atom. The third-order valence-corrected chi connectivity index (χ3v) is 2.40. The highest BCUT2D eigenvalue weighted by molar-refractivity contribution is 5.96. The molecule has 2 N–H and O–H groups in total. The van der Waals surface area contributed by atoms with Gasteiger partial charge in [0.2, 0.25) is 0 Å². The fourth-order valence-corrected chi connectivity index (χ4v) is 1.39. The molecule has 1 aromatic rings. The van der Waals surface area contributed by atoms with E-state index in [9.17, 15) is 9.90 Å². The second-order valence-electron chi connectivity index (χ2n) is 3.70. The first-order valence-electron chi connectivity index (χ1n) is 5.87. The number of aliphatic hydroxyl groups excluding tert-OH is 1. The molecule has 0 radical (unpaired) electrons. The summed E-state index contributed by atoms with van der Waals surface area (Å²) >= 11 is 0. The number of para-hydroxylation sites is 1. The molecular weight excluding hydrogens is 218 g/mol. The fraction of sp³-hybridized carbons (Fsp3) is 0.462. The minimum absolute atomic E-state index is 0.221. The molecule has 0 aliphatic rings. The van der Waals surface area contributed by atoms with Crippen molar-refractivity contribution < 1.29 is 14.6 Å². The summed E-state index contributed by atoms with van der Waals surface area (Å²) < 4.78 is 5.37. The Bertz CT molecular complexity index is 365. The molecule has 0 bridgehead atoms. The Morgan fingerprint density at radius 2 is 2.12 bits per heavy atom. The molecule has 0 aromatic heterocycles. The summed E-state index contributed by atoms with van der Waals surface area (Å²) in [4.78, 5) is 11.9. The molecule has 4 nitrogen and oxygen atoms in total. The minimum Gasteiger partial charge on any atom is -0.493 e. The second kappa shape index (κ2) is 6.91. The molecule has 17 heavy (non-hydrogen) atoms. The van der Waals surface area contributed by atoms with Gasteiger partial charge >= 0.3 is 0 Å². The summed E-state index contributed by atoms with van der Waals surface area (Å²) in [5.74, 6) is 0.347. The molecule has 1 rings (SSSR count). The lowest BCUT2D eigenvalue weighted by atomic mass is 10.2. The summed E-state index contributed by atoms with van der Waals surface area (Å²) in [6.45, 7) is 4.51. The van der Waals surface area contributed by atoms with Crippen LogP contribution in [-0.4, -0.2) is 30.3 Å². The van der Waals surface area contributed by atoms with Crippen molar-refractivity contribution in [1.82, 2.24) is 5.32 Å². The standard InChI is InChI=1S/C13H19NO3/c1-3-10(15)9-14-13(16)11-7-5-6-8-12(11)17-4-2/h5-8,10,15H,3-4,9H2,1-2H3,(H,14,16). The van der Waals surface area contributed by atoms with Gasteiger partial charge in [-0.1, -0.05) is 19.1 Å². The van der Waals surface area contributed by atoms with Gasteiger partial charge in [0.1, 0.15) is 5.75 Å². The smallest absolute Gasteiger partial charge is 0.255 e. The van der Waals surface area contributed by atoms with Crippen LogP contribution in [0.15, 0.2) is 24.3 Å². The molecule has 94 valence electrons. The van der Waals surface area contributed by atoms with E-state index in [1.54, 1.807) is 18.2 Å². The molecule has 0 saturated carbocycles. The SMILES string of the molecule is CCOc1ccccc1C(=O)NCC(O)CC. The van der Waals surface area contributed by atoms with Gasteiger partial charge in [0.15, 0.2) is 0 Å². The first-order valence-corrected chi connectivity index (χ1v) is 5.87. The highest BCUT2D eigenvalue weighted by Gasteiger charge is 2.12. The van der Waals surface area contributed by atoms with Crippen LogP contribution in [0.25, 0.3) is 0 Å². The highest BCUT2D eigenvalue weighted by Crippen LogP contribution is 2.17. The predicted octanol–water partition coefficient (Wildman–Crippen LogP) is 1.59. The van der Waals surface area contributed by atoms with Crippen molar-refractivity contribution in [3.05, 3.63) is 29.8 Å². The van der Waals surface area contributed by atoms with E-state index in [1.165, 1.54) is 0 Å². The lowest BCUT2D eigenvalue weighted by Gasteiger charge is -2.12. The molecule has 0 fully saturated rings. The third-order valence-electron chi connectivity index (χ3n) is 2.40. The van der Waals surface area contributed by atoms with E-state index in [1.807, 2.05) is 19.9 Å². The number of nitrogens with one attached hydrogen (secondary N) is 1. The van der Waals surface area contributed by atoms with Gasteiger partial charge in [-0.25, -0.2) is 0 Å². The van der Waals surface area contributed by atoms with Crippen molar-refractivity contribution in [1.29, 1.82) is 0 Å². The van der Waals surface area contributed by atoms with Gasteiger partial charge in [0.05, 0.1) is 18.3 Å². The first-order chi connectivity index (χ1) is 8.19. The van der Waals surface area contributed by atoms with Crippen molar-refractivity contribution in [2.75, 3.05) is 13.2 Å². The number of ether oxygens (including phenoxy) is 1. The van der Waals surface area contributed by atoms with Crippen LogP contribution < -0.4 is 10.1 Å². The average Bonchev–Trinajstić information content (AvgIpc) is 2.36. The number of hydrogen-bond donors (Lipinski definition) is 2. The number of rotatable bonds is 6. The first kappa shape index (κ1) is 13.5. The highest BCUT2D eigenvalue weighted by atomic mass is 16.5. The van der Waals surface area contributed by atoms with Gasteiger partial charge < -0.3 is 15.2 Å². The van der Waals surface area contributed by atoms with Crippen LogP contribution >= 0.6 is 0 Å². The van der Waals surface area contributed by atoms with E-state index in [-0.39, 0.29) is 12.5 Å². The number of carbonyl (C=O) groups is 1. The van der Waals surface area contributed by atoms with Crippen LogP contribution in [0.5, 0.6) is 5.75 Å². The number of carbonyl (C=O) groups excluding carboxylic acids is 1. The van der Waals surface area contributed by atoms with Crippen molar-refractivity contribution in [2.45, 2.75) is 26.4 Å². The molecule has 1 unspecified atom stereocenters. The van der Waals surface area contributed by atoms with Crippen LogP contribution in [0.2, 0.25) is 0 Å². The summed E-state index contributed by atoms with van der Waals surface area (Å²) in [7, 11) is 0. The van der Waals surface area contributed by atoms with E-state index in [4.69, 9.17) is 4.74 Å². The lowest BCUT2D eigenvalue weighted by Crippen LogP contribution is -2.31. The summed E-state index contributed by atoms with van der Waals surface area (Å²) in [5, 5.41) is 12.1. The molecule has 1 amide bonds. The Balaban J connectivity index is 2.67. The number of benzene rings is 1. The van der Waals surface area contributed by atoms with E-state index in [2.05, 4.69) is 5.32 Å². The zero-order chi connectivity index (χ0) is 12.7. The molecule has 0 heterocycles. The monoisotopic (exact) mass is 237 g/mol. The summed E-state index contributed by atoms with van der Waals surface area (Å²) in [6.07, 6.45) is 0.117. The number of hydrogen-bond acceptors (Lipinski definition) is 3. The van der Waals surface area contributed by atoms with Crippen LogP contribution in [0.1, 0.15) is 30.6 Å². The van der Waals surface area contributed by atoms with E-state index < -0.39 is 6.10 Å². The van der Waals surface area contributed by atoms with Crippen molar-refractivity contribution in [3.63, 3.8) is 0 Å². The predicted molar refractivity (Wildman–Crippen MR) is 66.2 cm³/mol. The van der Waals surface area contributed by atoms with Gasteiger partial charge in [0, 0.05) is 6.54 Å². The van der Waals surface area contributed by atoms with Crippen molar-refractivity contribution >= 4 is 5.91 Å². The Hall–Kier alpha value is -1.55. The molecule has 4 heteroatoms. The zero-order valence-electron chi connectivity index (χ0n) is 10.3. The second-order valence-corrected chi connectivity index (χ2v) is 3.70.